The molecule has 6 rings (SSSR count). The molecule has 2 N–H and O–H groups in total. The molecule has 1 aromatic rings. The predicted octanol–water partition coefficient (Wildman–Crippen LogP) is 8.93. The molecule has 4 nitrogen and oxygen atoms in total. The molecule has 5 aliphatic rings. The molecule has 0 bridgehead atoms. The number of benzene rings is 1. The van der Waals surface area contributed by atoms with Gasteiger partial charge in [0, 0.05) is 12.5 Å². The lowest BCUT2D eigenvalue weighted by molar-refractivity contribution is 0.112. The fourth-order valence-electron chi connectivity index (χ4n) is 8.38. The van der Waals surface area contributed by atoms with Crippen molar-refractivity contribution in [2.75, 3.05) is 13.7 Å². The lowest BCUT2D eigenvalue weighted by Crippen LogP contribution is -2.35. The molecule has 1 aliphatic heterocycles. The normalized spacial score (nSPS) is 34.2. The Bertz CT molecular complexity index is 1190. The summed E-state index contributed by atoms with van der Waals surface area (Å²) in [6, 6.07) is 10.7. The van der Waals surface area contributed by atoms with E-state index < -0.39 is 0 Å². The highest BCUT2D eigenvalue weighted by Gasteiger charge is 2.51. The second kappa shape index (κ2) is 13.9. The number of nitrogens with zero attached hydrogens (tertiary/aromatic N) is 1. The Balaban J connectivity index is 0.00000132. The van der Waals surface area contributed by atoms with Crippen molar-refractivity contribution in [3.63, 3.8) is 0 Å². The number of aliphatic hydroxyl groups excluding tert-OH is 2. The van der Waals surface area contributed by atoms with Crippen LogP contribution in [-0.4, -0.2) is 35.9 Å². The molecular weight excluding hydrogens is 518 g/mol. The zero-order valence-electron chi connectivity index (χ0n) is 25.5. The number of hydrogen-bond acceptors (Lipinski definition) is 4. The molecule has 4 fully saturated rings. The fraction of sp³-hybridized carbons (Fsp3) is 0.605. The van der Waals surface area contributed by atoms with Crippen molar-refractivity contribution in [2.24, 2.45) is 33.6 Å². The van der Waals surface area contributed by atoms with Gasteiger partial charge in [0.1, 0.15) is 12.6 Å². The van der Waals surface area contributed by atoms with Crippen LogP contribution in [-0.2, 0) is 4.74 Å². The number of allylic oxidation sites excluding steroid dienone is 5. The Labute approximate surface area is 255 Å². The molecule has 1 heterocycles. The Morgan fingerprint density at radius 1 is 1.05 bits per heavy atom. The molecule has 4 aliphatic carbocycles. The molecule has 4 saturated carbocycles. The smallest absolute Gasteiger partial charge is 0.190 e. The lowest BCUT2D eigenvalue weighted by atomic mass is 9.61. The average Bonchev–Trinajstić information content (AvgIpc) is 3.44. The van der Waals surface area contributed by atoms with E-state index in [1.807, 2.05) is 0 Å². The number of ether oxygens (including phenoxy) is 1. The van der Waals surface area contributed by atoms with Crippen LogP contribution in [0.15, 0.2) is 82.9 Å². The fourth-order valence-corrected chi connectivity index (χ4v) is 8.38. The predicted molar refractivity (Wildman–Crippen MR) is 175 cm³/mol. The Morgan fingerprint density at radius 3 is 2.55 bits per heavy atom. The summed E-state index contributed by atoms with van der Waals surface area (Å²) >= 11 is 0. The van der Waals surface area contributed by atoms with E-state index in [2.05, 4.69) is 75.1 Å². The number of hydrogen-bond donors (Lipinski definition) is 2. The van der Waals surface area contributed by atoms with Crippen molar-refractivity contribution < 1.29 is 14.9 Å². The first-order chi connectivity index (χ1) is 19.9. The van der Waals surface area contributed by atoms with Crippen LogP contribution in [0.3, 0.4) is 0 Å². The van der Waals surface area contributed by atoms with Crippen molar-refractivity contribution in [1.82, 2.24) is 0 Å². The van der Waals surface area contributed by atoms with E-state index in [0.29, 0.717) is 23.9 Å². The highest BCUT2D eigenvalue weighted by atomic mass is 16.5. The van der Waals surface area contributed by atoms with E-state index in [-0.39, 0.29) is 25.0 Å². The molecule has 0 spiro atoms. The van der Waals surface area contributed by atoms with Crippen LogP contribution in [0.25, 0.3) is 0 Å². The molecule has 230 valence electrons. The number of fused-ring (bicyclic) bond motifs is 1. The van der Waals surface area contributed by atoms with Gasteiger partial charge in [-0.05, 0) is 111 Å². The largest absolute Gasteiger partial charge is 0.478 e. The number of rotatable bonds is 7. The Morgan fingerprint density at radius 2 is 1.81 bits per heavy atom. The second-order valence-electron chi connectivity index (χ2n) is 13.4. The molecular formula is C38H55NO3. The first-order valence-electron chi connectivity index (χ1n) is 16.0. The molecule has 0 amide bonds. The van der Waals surface area contributed by atoms with Gasteiger partial charge in [-0.1, -0.05) is 88.1 Å². The molecule has 4 heteroatoms. The van der Waals surface area contributed by atoms with Crippen LogP contribution in [0.1, 0.15) is 104 Å². The van der Waals surface area contributed by atoms with Crippen LogP contribution in [0.2, 0.25) is 0 Å². The summed E-state index contributed by atoms with van der Waals surface area (Å²) in [6.45, 7) is 9.90. The standard InChI is InChI=1S/C36H47NO2.CH4O.CH4/c1-25(10-8-21-36(22-23-36)34-37-32(24-39-34)29-11-5-4-6-12-29)30-18-19-31-28(14-9-20-35(30,31)3)17-16-27-13-7-15-33(38)26(27)2;1-2;/h4-6,8,10-12,16-17,25,30-33,38H,2,7,9,13-15,18-24H2,1,3H3;2H,1H3;1H4/b10-8+,27-16-,28-17+;;/t25-,30-,31?,32?,33?,35?;;/m1../s1. The summed E-state index contributed by atoms with van der Waals surface area (Å²) in [5.41, 5.74) is 5.64. The molecule has 0 saturated heterocycles. The summed E-state index contributed by atoms with van der Waals surface area (Å²) in [5.74, 6) is 3.02. The van der Waals surface area contributed by atoms with Gasteiger partial charge in [-0.25, -0.2) is 4.99 Å². The summed E-state index contributed by atoms with van der Waals surface area (Å²) in [6.07, 6.45) is 22.3. The minimum Gasteiger partial charge on any atom is -0.478 e. The van der Waals surface area contributed by atoms with Crippen LogP contribution < -0.4 is 0 Å². The van der Waals surface area contributed by atoms with Gasteiger partial charge < -0.3 is 14.9 Å². The third-order valence-corrected chi connectivity index (χ3v) is 11.0. The number of aliphatic hydroxyl groups is 2. The van der Waals surface area contributed by atoms with Gasteiger partial charge in [0.15, 0.2) is 5.90 Å². The summed E-state index contributed by atoms with van der Waals surface area (Å²) in [5, 5.41) is 17.2. The molecule has 0 aromatic heterocycles. The van der Waals surface area contributed by atoms with Gasteiger partial charge in [-0.15, -0.1) is 0 Å². The van der Waals surface area contributed by atoms with Crippen LogP contribution >= 0.6 is 0 Å². The van der Waals surface area contributed by atoms with Gasteiger partial charge >= 0.3 is 0 Å². The minimum absolute atomic E-state index is 0. The van der Waals surface area contributed by atoms with Crippen LogP contribution in [0.5, 0.6) is 0 Å². The van der Waals surface area contributed by atoms with E-state index in [1.165, 1.54) is 56.1 Å². The zero-order valence-corrected chi connectivity index (χ0v) is 25.5. The van der Waals surface area contributed by atoms with Gasteiger partial charge in [-0.3, -0.25) is 0 Å². The topological polar surface area (TPSA) is 62.0 Å². The maximum atomic E-state index is 10.2. The van der Waals surface area contributed by atoms with E-state index in [9.17, 15) is 5.11 Å². The maximum absolute atomic E-state index is 10.2. The van der Waals surface area contributed by atoms with Crippen LogP contribution in [0.4, 0.5) is 0 Å². The first kappa shape index (κ1) is 32.5. The number of aliphatic imine (C=N–C) groups is 1. The van der Waals surface area contributed by atoms with E-state index in [4.69, 9.17) is 14.8 Å². The first-order valence-corrected chi connectivity index (χ1v) is 16.0. The van der Waals surface area contributed by atoms with Gasteiger partial charge in [0.05, 0.1) is 6.10 Å². The van der Waals surface area contributed by atoms with Crippen molar-refractivity contribution >= 4 is 5.90 Å². The Hall–Kier alpha value is -2.43. The lowest BCUT2D eigenvalue weighted by Gasteiger charge is -2.44. The zero-order chi connectivity index (χ0) is 29.0. The SMILES string of the molecule is C.C=C1/C(=C\C=C2/CCCC3(C)C2CC[C@@H]3[C@H](C)/C=C/CC2(C3=NC(c4ccccc4)CO3)CC2)CCCC1O.CO. The van der Waals surface area contributed by atoms with Gasteiger partial charge in [0.2, 0.25) is 0 Å². The van der Waals surface area contributed by atoms with Crippen molar-refractivity contribution in [2.45, 2.75) is 104 Å². The van der Waals surface area contributed by atoms with Gasteiger partial charge in [-0.2, -0.15) is 0 Å². The molecule has 6 atom stereocenters. The quantitative estimate of drug-likeness (QED) is 0.320. The minimum atomic E-state index is -0.351. The van der Waals surface area contributed by atoms with Crippen molar-refractivity contribution in [1.29, 1.82) is 0 Å². The second-order valence-corrected chi connectivity index (χ2v) is 13.4. The maximum Gasteiger partial charge on any atom is 0.190 e. The monoisotopic (exact) mass is 573 g/mol. The third-order valence-electron chi connectivity index (χ3n) is 11.0. The average molecular weight is 574 g/mol. The molecule has 4 unspecified atom stereocenters. The third kappa shape index (κ3) is 6.55. The van der Waals surface area contributed by atoms with E-state index in [0.717, 1.165) is 50.2 Å². The Kier molecular flexibility index (Phi) is 10.8. The molecule has 1 aromatic carbocycles. The summed E-state index contributed by atoms with van der Waals surface area (Å²) in [4.78, 5) is 5.03. The summed E-state index contributed by atoms with van der Waals surface area (Å²) < 4.78 is 6.17. The van der Waals surface area contributed by atoms with Crippen molar-refractivity contribution in [3.8, 4) is 0 Å². The molecule has 42 heavy (non-hydrogen) atoms. The highest BCUT2D eigenvalue weighted by Crippen LogP contribution is 2.60. The van der Waals surface area contributed by atoms with Crippen molar-refractivity contribution in [3.05, 3.63) is 83.5 Å². The van der Waals surface area contributed by atoms with Gasteiger partial charge in [0.25, 0.3) is 0 Å². The highest BCUT2D eigenvalue weighted by molar-refractivity contribution is 5.87. The van der Waals surface area contributed by atoms with Crippen LogP contribution in [0, 0.1) is 28.6 Å². The molecule has 0 radical (unpaired) electrons. The van der Waals surface area contributed by atoms with E-state index >= 15 is 0 Å². The summed E-state index contributed by atoms with van der Waals surface area (Å²) in [7, 11) is 1.00. The van der Waals surface area contributed by atoms with E-state index in [1.54, 1.807) is 5.57 Å².